The number of hydrogen-bond acceptors (Lipinski definition) is 2. The SMILES string of the molecule is OC[C@H]1CCCN1Cc1ccc(C(F)(F)F)cc1. The summed E-state index contributed by atoms with van der Waals surface area (Å²) < 4.78 is 37.2. The van der Waals surface area contributed by atoms with E-state index >= 15 is 0 Å². The summed E-state index contributed by atoms with van der Waals surface area (Å²) in [5.41, 5.74) is 0.231. The molecular formula is C13H16F3NO. The second-order valence-electron chi connectivity index (χ2n) is 4.64. The highest BCUT2D eigenvalue weighted by atomic mass is 19.4. The van der Waals surface area contributed by atoms with Gasteiger partial charge in [0.25, 0.3) is 0 Å². The zero-order chi connectivity index (χ0) is 13.2. The van der Waals surface area contributed by atoms with Crippen LogP contribution in [0.4, 0.5) is 13.2 Å². The van der Waals surface area contributed by atoms with E-state index in [0.29, 0.717) is 6.54 Å². The summed E-state index contributed by atoms with van der Waals surface area (Å²) in [5.74, 6) is 0. The largest absolute Gasteiger partial charge is 0.416 e. The van der Waals surface area contributed by atoms with Gasteiger partial charge in [-0.3, -0.25) is 4.90 Å². The number of likely N-dealkylation sites (tertiary alicyclic amines) is 1. The third-order valence-electron chi connectivity index (χ3n) is 3.38. The van der Waals surface area contributed by atoms with Crippen LogP contribution in [-0.4, -0.2) is 29.2 Å². The number of benzene rings is 1. The van der Waals surface area contributed by atoms with Gasteiger partial charge in [-0.05, 0) is 37.1 Å². The molecule has 1 fully saturated rings. The van der Waals surface area contributed by atoms with Crippen LogP contribution in [0.15, 0.2) is 24.3 Å². The van der Waals surface area contributed by atoms with Crippen molar-refractivity contribution in [3.63, 3.8) is 0 Å². The van der Waals surface area contributed by atoms with E-state index in [1.165, 1.54) is 12.1 Å². The van der Waals surface area contributed by atoms with Gasteiger partial charge in [-0.1, -0.05) is 12.1 Å². The maximum atomic E-state index is 12.4. The molecule has 0 spiro atoms. The first kappa shape index (κ1) is 13.4. The van der Waals surface area contributed by atoms with Crippen molar-refractivity contribution in [1.29, 1.82) is 0 Å². The van der Waals surface area contributed by atoms with Gasteiger partial charge in [0.05, 0.1) is 12.2 Å². The van der Waals surface area contributed by atoms with Gasteiger partial charge in [-0.25, -0.2) is 0 Å². The Hall–Kier alpha value is -1.07. The lowest BCUT2D eigenvalue weighted by molar-refractivity contribution is -0.137. The Balaban J connectivity index is 2.02. The smallest absolute Gasteiger partial charge is 0.395 e. The van der Waals surface area contributed by atoms with E-state index < -0.39 is 11.7 Å². The molecule has 1 saturated heterocycles. The summed E-state index contributed by atoms with van der Waals surface area (Å²) in [4.78, 5) is 2.11. The van der Waals surface area contributed by atoms with Crippen LogP contribution in [0.3, 0.4) is 0 Å². The van der Waals surface area contributed by atoms with E-state index in [0.717, 1.165) is 37.1 Å². The first-order valence-corrected chi connectivity index (χ1v) is 6.02. The highest BCUT2D eigenvalue weighted by Gasteiger charge is 2.30. The molecule has 0 radical (unpaired) electrons. The van der Waals surface area contributed by atoms with Gasteiger partial charge >= 0.3 is 6.18 Å². The third kappa shape index (κ3) is 3.03. The zero-order valence-electron chi connectivity index (χ0n) is 9.95. The summed E-state index contributed by atoms with van der Waals surface area (Å²) in [6.07, 6.45) is -2.29. The van der Waals surface area contributed by atoms with E-state index in [2.05, 4.69) is 4.90 Å². The van der Waals surface area contributed by atoms with Gasteiger partial charge in [0, 0.05) is 12.6 Å². The molecule has 1 aromatic carbocycles. The average molecular weight is 259 g/mol. The predicted molar refractivity (Wildman–Crippen MR) is 62.0 cm³/mol. The lowest BCUT2D eigenvalue weighted by Gasteiger charge is -2.22. The highest BCUT2D eigenvalue weighted by Crippen LogP contribution is 2.29. The molecule has 0 amide bonds. The molecule has 1 heterocycles. The molecule has 1 atom stereocenters. The fourth-order valence-corrected chi connectivity index (χ4v) is 2.34. The van der Waals surface area contributed by atoms with Gasteiger partial charge < -0.3 is 5.11 Å². The molecule has 0 unspecified atom stereocenters. The molecule has 1 aromatic rings. The van der Waals surface area contributed by atoms with Crippen molar-refractivity contribution in [2.75, 3.05) is 13.2 Å². The number of nitrogens with zero attached hydrogens (tertiary/aromatic N) is 1. The number of aliphatic hydroxyl groups is 1. The summed E-state index contributed by atoms with van der Waals surface area (Å²) in [7, 11) is 0. The van der Waals surface area contributed by atoms with Crippen LogP contribution in [-0.2, 0) is 12.7 Å². The molecule has 1 aliphatic heterocycles. The van der Waals surface area contributed by atoms with E-state index in [1.807, 2.05) is 0 Å². The number of rotatable bonds is 3. The van der Waals surface area contributed by atoms with Crippen LogP contribution >= 0.6 is 0 Å². The van der Waals surface area contributed by atoms with Crippen molar-refractivity contribution >= 4 is 0 Å². The molecule has 0 aliphatic carbocycles. The summed E-state index contributed by atoms with van der Waals surface area (Å²) in [5, 5.41) is 9.17. The Morgan fingerprint density at radius 2 is 1.89 bits per heavy atom. The van der Waals surface area contributed by atoms with Crippen LogP contribution in [0.2, 0.25) is 0 Å². The number of aliphatic hydroxyl groups excluding tert-OH is 1. The topological polar surface area (TPSA) is 23.5 Å². The third-order valence-corrected chi connectivity index (χ3v) is 3.38. The molecule has 18 heavy (non-hydrogen) atoms. The molecule has 1 N–H and O–H groups in total. The van der Waals surface area contributed by atoms with E-state index in [4.69, 9.17) is 0 Å². The Kier molecular flexibility index (Phi) is 3.92. The Morgan fingerprint density at radius 1 is 1.22 bits per heavy atom. The van der Waals surface area contributed by atoms with Crippen molar-refractivity contribution < 1.29 is 18.3 Å². The molecular weight excluding hydrogens is 243 g/mol. The van der Waals surface area contributed by atoms with Crippen LogP contribution in [0, 0.1) is 0 Å². The van der Waals surface area contributed by atoms with Gasteiger partial charge in [-0.15, -0.1) is 0 Å². The van der Waals surface area contributed by atoms with Crippen LogP contribution in [0.25, 0.3) is 0 Å². The Morgan fingerprint density at radius 3 is 2.44 bits per heavy atom. The molecule has 0 bridgehead atoms. The second-order valence-corrected chi connectivity index (χ2v) is 4.64. The standard InChI is InChI=1S/C13H16F3NO/c14-13(15,16)11-5-3-10(4-6-11)8-17-7-1-2-12(17)9-18/h3-6,12,18H,1-2,7-9H2/t12-/m1/s1. The molecule has 1 aliphatic rings. The zero-order valence-corrected chi connectivity index (χ0v) is 9.95. The fraction of sp³-hybridized carbons (Fsp3) is 0.538. The average Bonchev–Trinajstić information content (AvgIpc) is 2.76. The normalized spacial score (nSPS) is 21.4. The van der Waals surface area contributed by atoms with Gasteiger partial charge in [-0.2, -0.15) is 13.2 Å². The molecule has 2 rings (SSSR count). The predicted octanol–water partition coefficient (Wildman–Crippen LogP) is 2.66. The quantitative estimate of drug-likeness (QED) is 0.902. The second kappa shape index (κ2) is 5.28. The minimum Gasteiger partial charge on any atom is -0.395 e. The molecule has 100 valence electrons. The van der Waals surface area contributed by atoms with Crippen LogP contribution in [0.5, 0.6) is 0 Å². The lowest BCUT2D eigenvalue weighted by Crippen LogP contribution is -2.31. The fourth-order valence-electron chi connectivity index (χ4n) is 2.34. The molecule has 0 saturated carbocycles. The molecule has 5 heteroatoms. The molecule has 2 nitrogen and oxygen atoms in total. The lowest BCUT2D eigenvalue weighted by atomic mass is 10.1. The maximum Gasteiger partial charge on any atom is 0.416 e. The summed E-state index contributed by atoms with van der Waals surface area (Å²) in [6, 6.07) is 5.39. The van der Waals surface area contributed by atoms with Crippen molar-refractivity contribution in [2.45, 2.75) is 31.6 Å². The van der Waals surface area contributed by atoms with E-state index in [-0.39, 0.29) is 12.6 Å². The van der Waals surface area contributed by atoms with E-state index in [9.17, 15) is 18.3 Å². The summed E-state index contributed by atoms with van der Waals surface area (Å²) in [6.45, 7) is 1.61. The first-order chi connectivity index (χ1) is 8.50. The van der Waals surface area contributed by atoms with E-state index in [1.54, 1.807) is 0 Å². The van der Waals surface area contributed by atoms with Crippen molar-refractivity contribution in [3.8, 4) is 0 Å². The van der Waals surface area contributed by atoms with Crippen molar-refractivity contribution in [1.82, 2.24) is 4.90 Å². The highest BCUT2D eigenvalue weighted by molar-refractivity contribution is 5.24. The Bertz CT molecular complexity index is 388. The number of halogens is 3. The summed E-state index contributed by atoms with van der Waals surface area (Å²) >= 11 is 0. The van der Waals surface area contributed by atoms with Gasteiger partial charge in [0.1, 0.15) is 0 Å². The monoisotopic (exact) mass is 259 g/mol. The van der Waals surface area contributed by atoms with Gasteiger partial charge in [0.2, 0.25) is 0 Å². The minimum absolute atomic E-state index is 0.112. The maximum absolute atomic E-state index is 12.4. The van der Waals surface area contributed by atoms with Gasteiger partial charge in [0.15, 0.2) is 0 Å². The van der Waals surface area contributed by atoms with Crippen LogP contribution < -0.4 is 0 Å². The number of alkyl halides is 3. The molecule has 0 aromatic heterocycles. The first-order valence-electron chi connectivity index (χ1n) is 6.02. The number of hydrogen-bond donors (Lipinski definition) is 1. The van der Waals surface area contributed by atoms with Crippen LogP contribution in [0.1, 0.15) is 24.0 Å². The van der Waals surface area contributed by atoms with Crippen molar-refractivity contribution in [3.05, 3.63) is 35.4 Å². The Labute approximate surface area is 104 Å². The van der Waals surface area contributed by atoms with Crippen molar-refractivity contribution in [2.24, 2.45) is 0 Å². The minimum atomic E-state index is -4.28.